The third-order valence-corrected chi connectivity index (χ3v) is 12.2. The van der Waals surface area contributed by atoms with Crippen LogP contribution in [0.1, 0.15) is 72.1 Å². The number of aliphatic hydroxyl groups excluding tert-OH is 4. The molecule has 10 heteroatoms. The Morgan fingerprint density at radius 2 is 1.67 bits per heavy atom. The summed E-state index contributed by atoms with van der Waals surface area (Å²) in [7, 11) is 0. The molecule has 14 atom stereocenters. The molecule has 0 aromatic heterocycles. The first-order chi connectivity index (χ1) is 18.2. The Labute approximate surface area is 229 Å². The van der Waals surface area contributed by atoms with Gasteiger partial charge in [-0.25, -0.2) is 4.79 Å². The maximum atomic E-state index is 12.4. The van der Waals surface area contributed by atoms with E-state index in [0.29, 0.717) is 38.5 Å². The molecule has 0 amide bonds. The summed E-state index contributed by atoms with van der Waals surface area (Å²) < 4.78 is 16.9. The maximum absolute atomic E-state index is 12.4. The summed E-state index contributed by atoms with van der Waals surface area (Å²) in [4.78, 5) is 11.8. The number of fused-ring (bicyclic) bond motifs is 5. The largest absolute Gasteiger partial charge is 0.458 e. The predicted molar refractivity (Wildman–Crippen MR) is 136 cm³/mol. The Balaban J connectivity index is 1.22. The van der Waals surface area contributed by atoms with Crippen molar-refractivity contribution in [2.45, 2.75) is 126 Å². The van der Waals surface area contributed by atoms with Crippen LogP contribution >= 0.6 is 0 Å². The highest BCUT2D eigenvalue weighted by Crippen LogP contribution is 2.70. The molecule has 0 radical (unpaired) electrons. The van der Waals surface area contributed by atoms with E-state index in [1.54, 1.807) is 13.0 Å². The molecule has 6 aliphatic rings. The Morgan fingerprint density at radius 3 is 2.36 bits per heavy atom. The van der Waals surface area contributed by atoms with E-state index in [2.05, 4.69) is 0 Å². The van der Waals surface area contributed by atoms with Gasteiger partial charge in [-0.1, -0.05) is 13.8 Å². The quantitative estimate of drug-likeness (QED) is 0.215. The van der Waals surface area contributed by atoms with E-state index in [9.17, 15) is 35.4 Å². The van der Waals surface area contributed by atoms with Crippen LogP contribution in [0.5, 0.6) is 0 Å². The van der Waals surface area contributed by atoms with Crippen molar-refractivity contribution in [3.8, 4) is 0 Å². The highest BCUT2D eigenvalue weighted by atomic mass is 16.7. The average Bonchev–Trinajstić information content (AvgIpc) is 3.41. The SMILES string of the molecule is C[C@@H]1O[C@@H](O[C@@H]2CC[C@]3(C)[C@@H]4[C@H](O)C[C@]5(C)[C@@H](C6=CC(=O)OC6)CC[C@]5(O)[C@H]4CC[C@]3(O)C2)[C@H](O)[C@H](O)[C@H]1O. The van der Waals surface area contributed by atoms with Crippen LogP contribution in [0, 0.1) is 28.6 Å². The van der Waals surface area contributed by atoms with Crippen LogP contribution in [0.3, 0.4) is 0 Å². The number of carbonyl (C=O) groups excluding carboxylic acids is 1. The van der Waals surface area contributed by atoms with Gasteiger partial charge in [0.05, 0.1) is 29.5 Å². The fraction of sp³-hybridized carbons (Fsp3) is 0.897. The number of cyclic esters (lactones) is 1. The number of ether oxygens (including phenoxy) is 3. The van der Waals surface area contributed by atoms with Gasteiger partial charge >= 0.3 is 5.97 Å². The van der Waals surface area contributed by atoms with Crippen LogP contribution in [0.2, 0.25) is 0 Å². The molecule has 6 N–H and O–H groups in total. The smallest absolute Gasteiger partial charge is 0.331 e. The molecule has 0 aromatic carbocycles. The number of hydrogen-bond donors (Lipinski definition) is 6. The van der Waals surface area contributed by atoms with Crippen molar-refractivity contribution in [3.05, 3.63) is 11.6 Å². The van der Waals surface area contributed by atoms with Gasteiger partial charge < -0.3 is 44.8 Å². The van der Waals surface area contributed by atoms with E-state index >= 15 is 0 Å². The van der Waals surface area contributed by atoms with Crippen molar-refractivity contribution in [1.82, 2.24) is 0 Å². The molecule has 1 saturated heterocycles. The molecule has 6 rings (SSSR count). The molecule has 10 nitrogen and oxygen atoms in total. The number of carbonyl (C=O) groups is 1. The second-order valence-corrected chi connectivity index (χ2v) is 13.8. The second kappa shape index (κ2) is 9.19. The highest BCUT2D eigenvalue weighted by molar-refractivity contribution is 5.85. The van der Waals surface area contributed by atoms with E-state index < -0.39 is 64.9 Å². The van der Waals surface area contributed by atoms with Crippen LogP contribution in [0.4, 0.5) is 0 Å². The molecule has 4 aliphatic carbocycles. The third-order valence-electron chi connectivity index (χ3n) is 12.2. The average molecular weight is 553 g/mol. The Hall–Kier alpha value is -1.11. The first kappa shape index (κ1) is 28.0. The molecule has 0 aromatic rings. The Morgan fingerprint density at radius 1 is 0.923 bits per heavy atom. The topological polar surface area (TPSA) is 166 Å². The summed E-state index contributed by atoms with van der Waals surface area (Å²) in [6, 6.07) is 0. The van der Waals surface area contributed by atoms with Crippen molar-refractivity contribution in [2.24, 2.45) is 28.6 Å². The summed E-state index contributed by atoms with van der Waals surface area (Å²) in [6.07, 6.45) is -1.39. The van der Waals surface area contributed by atoms with E-state index in [1.807, 2.05) is 13.8 Å². The highest BCUT2D eigenvalue weighted by Gasteiger charge is 2.72. The third kappa shape index (κ3) is 3.86. The lowest BCUT2D eigenvalue weighted by molar-refractivity contribution is -0.323. The minimum Gasteiger partial charge on any atom is -0.458 e. The van der Waals surface area contributed by atoms with Gasteiger partial charge in [-0.15, -0.1) is 0 Å². The standard InChI is InChI=1S/C29H44O10/c1-14-22(32)23(33)24(34)25(38-14)39-16-4-7-26(2)21-18(5-8-28(26,35)11-16)29(36)9-6-17(15-10-20(31)37-13-15)27(29,3)12-19(21)30/h10,14,16-19,21-25,30,32-36H,4-9,11-13H2,1-3H3/t14-,16+,17+,18-,19+,21-,22-,23+,24+,25-,26+,27+,28-,29-/m0/s1. The normalized spacial score (nSPS) is 57.3. The van der Waals surface area contributed by atoms with Crippen molar-refractivity contribution < 1.29 is 49.6 Å². The first-order valence-electron chi connectivity index (χ1n) is 14.6. The molecule has 39 heavy (non-hydrogen) atoms. The molecule has 0 spiro atoms. The van der Waals surface area contributed by atoms with E-state index in [1.165, 1.54) is 0 Å². The molecule has 5 fully saturated rings. The number of rotatable bonds is 3. The summed E-state index contributed by atoms with van der Waals surface area (Å²) in [6.45, 7) is 5.92. The zero-order valence-electron chi connectivity index (χ0n) is 23.0. The number of aliphatic hydroxyl groups is 6. The predicted octanol–water partition coefficient (Wildman–Crippen LogP) is 0.542. The lowest BCUT2D eigenvalue weighted by atomic mass is 9.41. The van der Waals surface area contributed by atoms with Gasteiger partial charge in [0.15, 0.2) is 6.29 Å². The van der Waals surface area contributed by atoms with Gasteiger partial charge in [0.1, 0.15) is 24.9 Å². The summed E-state index contributed by atoms with van der Waals surface area (Å²) in [5.41, 5.74) is -2.54. The zero-order chi connectivity index (χ0) is 28.1. The van der Waals surface area contributed by atoms with Crippen LogP contribution in [-0.4, -0.2) is 97.3 Å². The lowest BCUT2D eigenvalue weighted by Crippen LogP contribution is -2.71. The van der Waals surface area contributed by atoms with Crippen molar-refractivity contribution in [1.29, 1.82) is 0 Å². The molecule has 0 bridgehead atoms. The summed E-state index contributed by atoms with van der Waals surface area (Å²) in [5.74, 6) is -0.893. The van der Waals surface area contributed by atoms with Gasteiger partial charge in [-0.05, 0) is 75.2 Å². The Bertz CT molecular complexity index is 1030. The minimum absolute atomic E-state index is 0.0412. The molecule has 2 aliphatic heterocycles. The fourth-order valence-corrected chi connectivity index (χ4v) is 9.89. The fourth-order valence-electron chi connectivity index (χ4n) is 9.89. The summed E-state index contributed by atoms with van der Waals surface area (Å²) >= 11 is 0. The monoisotopic (exact) mass is 552 g/mol. The van der Waals surface area contributed by atoms with Gasteiger partial charge in [-0.2, -0.15) is 0 Å². The maximum Gasteiger partial charge on any atom is 0.331 e. The summed E-state index contributed by atoms with van der Waals surface area (Å²) in [5, 5.41) is 66.9. The van der Waals surface area contributed by atoms with Crippen LogP contribution in [-0.2, 0) is 19.0 Å². The van der Waals surface area contributed by atoms with E-state index in [4.69, 9.17) is 14.2 Å². The molecular weight excluding hydrogens is 508 g/mol. The lowest BCUT2D eigenvalue weighted by Gasteiger charge is -2.67. The molecule has 220 valence electrons. The zero-order valence-corrected chi connectivity index (χ0v) is 23.0. The van der Waals surface area contributed by atoms with Gasteiger partial charge in [0.25, 0.3) is 0 Å². The van der Waals surface area contributed by atoms with E-state index in [-0.39, 0.29) is 36.8 Å². The van der Waals surface area contributed by atoms with Gasteiger partial charge in [0.2, 0.25) is 0 Å². The minimum atomic E-state index is -1.41. The van der Waals surface area contributed by atoms with Gasteiger partial charge in [-0.3, -0.25) is 0 Å². The number of esters is 1. The van der Waals surface area contributed by atoms with Crippen LogP contribution in [0.15, 0.2) is 11.6 Å². The second-order valence-electron chi connectivity index (χ2n) is 13.8. The first-order valence-corrected chi connectivity index (χ1v) is 14.6. The van der Waals surface area contributed by atoms with E-state index in [0.717, 1.165) is 12.0 Å². The van der Waals surface area contributed by atoms with Crippen molar-refractivity contribution in [2.75, 3.05) is 6.61 Å². The van der Waals surface area contributed by atoms with Crippen molar-refractivity contribution >= 4 is 5.97 Å². The van der Waals surface area contributed by atoms with Crippen LogP contribution in [0.25, 0.3) is 0 Å². The molecular formula is C29H44O10. The molecule has 4 saturated carbocycles. The van der Waals surface area contributed by atoms with Gasteiger partial charge in [0, 0.05) is 23.3 Å². The Kier molecular flexibility index (Phi) is 6.61. The van der Waals surface area contributed by atoms with Crippen LogP contribution < -0.4 is 0 Å². The molecule has 0 unspecified atom stereocenters. The van der Waals surface area contributed by atoms with Crippen molar-refractivity contribution in [3.63, 3.8) is 0 Å². The number of hydrogen-bond acceptors (Lipinski definition) is 10. The molecule has 2 heterocycles.